The molecule has 1 aliphatic heterocycles. The van der Waals surface area contributed by atoms with E-state index in [4.69, 9.17) is 21.1 Å². The second-order valence-electron chi connectivity index (χ2n) is 6.76. The summed E-state index contributed by atoms with van der Waals surface area (Å²) in [5.41, 5.74) is 1.18. The molecule has 1 N–H and O–H groups in total. The van der Waals surface area contributed by atoms with Crippen molar-refractivity contribution in [1.82, 2.24) is 10.2 Å². The maximum Gasteiger partial charge on any atom is 0.179 e. The molecular weight excluding hydrogens is 300 g/mol. The van der Waals surface area contributed by atoms with Gasteiger partial charge in [-0.2, -0.15) is 0 Å². The van der Waals surface area contributed by atoms with E-state index in [-0.39, 0.29) is 11.5 Å². The maximum absolute atomic E-state index is 6.67. The van der Waals surface area contributed by atoms with E-state index >= 15 is 0 Å². The van der Waals surface area contributed by atoms with Crippen LogP contribution < -0.4 is 14.8 Å². The van der Waals surface area contributed by atoms with Gasteiger partial charge in [-0.15, -0.1) is 0 Å². The minimum atomic E-state index is 0.0700. The van der Waals surface area contributed by atoms with Crippen LogP contribution >= 0.6 is 11.6 Å². The normalized spacial score (nSPS) is 18.1. The highest BCUT2D eigenvalue weighted by molar-refractivity contribution is 6.33. The number of methoxy groups -OCH3 is 2. The van der Waals surface area contributed by atoms with Gasteiger partial charge in [0.25, 0.3) is 0 Å². The zero-order chi connectivity index (χ0) is 16.3. The summed E-state index contributed by atoms with van der Waals surface area (Å²) in [6.45, 7) is 10.8. The number of nitrogens with one attached hydrogen (secondary N) is 1. The number of halogens is 1. The molecule has 2 rings (SSSR count). The lowest BCUT2D eigenvalue weighted by atomic mass is 9.80. The lowest BCUT2D eigenvalue weighted by Gasteiger charge is -2.43. The van der Waals surface area contributed by atoms with Crippen molar-refractivity contribution in [2.45, 2.75) is 26.8 Å². The number of piperazine rings is 1. The number of rotatable bonds is 4. The van der Waals surface area contributed by atoms with Gasteiger partial charge in [-0.3, -0.25) is 4.90 Å². The largest absolute Gasteiger partial charge is 0.493 e. The molecule has 1 fully saturated rings. The van der Waals surface area contributed by atoms with Crippen molar-refractivity contribution in [1.29, 1.82) is 0 Å². The average Bonchev–Trinajstić information content (AvgIpc) is 2.48. The smallest absolute Gasteiger partial charge is 0.179 e. The Kier molecular flexibility index (Phi) is 5.59. The minimum Gasteiger partial charge on any atom is -0.493 e. The lowest BCUT2D eigenvalue weighted by Crippen LogP contribution is -2.48. The molecule has 0 amide bonds. The van der Waals surface area contributed by atoms with E-state index < -0.39 is 0 Å². The van der Waals surface area contributed by atoms with Crippen LogP contribution in [0.2, 0.25) is 5.02 Å². The standard InChI is InChI=1S/C17H27ClN2O2/c1-17(2,3)16(20-10-8-19-9-11-20)12-6-7-13(21-4)15(22-5)14(12)18/h6-7,16,19H,8-11H2,1-5H3/t16-/m1/s1. The molecule has 22 heavy (non-hydrogen) atoms. The molecule has 0 saturated carbocycles. The van der Waals surface area contributed by atoms with Gasteiger partial charge in [-0.05, 0) is 17.0 Å². The number of benzene rings is 1. The maximum atomic E-state index is 6.67. The minimum absolute atomic E-state index is 0.0700. The van der Waals surface area contributed by atoms with Gasteiger partial charge in [-0.1, -0.05) is 38.4 Å². The van der Waals surface area contributed by atoms with E-state index in [1.165, 1.54) is 0 Å². The summed E-state index contributed by atoms with van der Waals surface area (Å²) in [6, 6.07) is 4.25. The fourth-order valence-corrected chi connectivity index (χ4v) is 3.60. The average molecular weight is 327 g/mol. The van der Waals surface area contributed by atoms with Gasteiger partial charge in [0.15, 0.2) is 11.5 Å². The number of ether oxygens (including phenoxy) is 2. The first-order valence-corrected chi connectivity index (χ1v) is 8.13. The Balaban J connectivity index is 2.48. The van der Waals surface area contributed by atoms with E-state index in [9.17, 15) is 0 Å². The Morgan fingerprint density at radius 3 is 2.27 bits per heavy atom. The van der Waals surface area contributed by atoms with Gasteiger partial charge in [0, 0.05) is 32.2 Å². The molecule has 124 valence electrons. The molecule has 1 saturated heterocycles. The molecule has 0 aromatic heterocycles. The monoisotopic (exact) mass is 326 g/mol. The van der Waals surface area contributed by atoms with Gasteiger partial charge < -0.3 is 14.8 Å². The topological polar surface area (TPSA) is 33.7 Å². The fourth-order valence-electron chi connectivity index (χ4n) is 3.27. The molecule has 1 aliphatic rings. The van der Waals surface area contributed by atoms with E-state index in [0.29, 0.717) is 16.5 Å². The van der Waals surface area contributed by atoms with Crippen LogP contribution in [0.5, 0.6) is 11.5 Å². The predicted octanol–water partition coefficient (Wildman–Crippen LogP) is 3.35. The molecular formula is C17H27ClN2O2. The third kappa shape index (κ3) is 3.50. The van der Waals surface area contributed by atoms with Gasteiger partial charge in [0.05, 0.1) is 19.2 Å². The Labute approximate surface area is 138 Å². The van der Waals surface area contributed by atoms with Gasteiger partial charge in [-0.25, -0.2) is 0 Å². The first-order valence-electron chi connectivity index (χ1n) is 7.75. The highest BCUT2D eigenvalue weighted by atomic mass is 35.5. The van der Waals surface area contributed by atoms with Crippen LogP contribution in [0.4, 0.5) is 0 Å². The first-order chi connectivity index (χ1) is 10.4. The van der Waals surface area contributed by atoms with Gasteiger partial charge in [0.1, 0.15) is 0 Å². The number of hydrogen-bond donors (Lipinski definition) is 1. The molecule has 0 spiro atoms. The molecule has 1 aromatic rings. The van der Waals surface area contributed by atoms with Crippen LogP contribution in [-0.4, -0.2) is 45.3 Å². The van der Waals surface area contributed by atoms with Crippen molar-refractivity contribution in [3.63, 3.8) is 0 Å². The van der Waals surface area contributed by atoms with Crippen LogP contribution in [0.1, 0.15) is 32.4 Å². The quantitative estimate of drug-likeness (QED) is 0.920. The van der Waals surface area contributed by atoms with Crippen LogP contribution in [-0.2, 0) is 0 Å². The third-order valence-electron chi connectivity index (χ3n) is 4.15. The molecule has 5 heteroatoms. The SMILES string of the molecule is COc1ccc([C@@H](N2CCNCC2)C(C)(C)C)c(Cl)c1OC. The van der Waals surface area contributed by atoms with E-state index in [0.717, 1.165) is 31.7 Å². The Morgan fingerprint density at radius 1 is 1.14 bits per heavy atom. The van der Waals surface area contributed by atoms with Crippen molar-refractivity contribution >= 4 is 11.6 Å². The summed E-state index contributed by atoms with van der Waals surface area (Å²) < 4.78 is 10.8. The van der Waals surface area contributed by atoms with E-state index in [1.807, 2.05) is 6.07 Å². The summed E-state index contributed by atoms with van der Waals surface area (Å²) in [6.07, 6.45) is 0. The summed E-state index contributed by atoms with van der Waals surface area (Å²) in [5.74, 6) is 1.29. The zero-order valence-corrected chi connectivity index (χ0v) is 15.0. The molecule has 1 heterocycles. The van der Waals surface area contributed by atoms with E-state index in [2.05, 4.69) is 37.1 Å². The van der Waals surface area contributed by atoms with Crippen molar-refractivity contribution in [2.75, 3.05) is 40.4 Å². The first kappa shape index (κ1) is 17.4. The van der Waals surface area contributed by atoms with Crippen LogP contribution in [0.15, 0.2) is 12.1 Å². The Morgan fingerprint density at radius 2 is 1.77 bits per heavy atom. The van der Waals surface area contributed by atoms with Crippen LogP contribution in [0, 0.1) is 5.41 Å². The molecule has 0 aliphatic carbocycles. The summed E-state index contributed by atoms with van der Waals surface area (Å²) in [5, 5.41) is 4.06. The summed E-state index contributed by atoms with van der Waals surface area (Å²) in [7, 11) is 3.26. The second kappa shape index (κ2) is 7.07. The summed E-state index contributed by atoms with van der Waals surface area (Å²) >= 11 is 6.67. The molecule has 1 aromatic carbocycles. The van der Waals surface area contributed by atoms with Crippen molar-refractivity contribution in [3.05, 3.63) is 22.7 Å². The van der Waals surface area contributed by atoms with Crippen LogP contribution in [0.3, 0.4) is 0 Å². The van der Waals surface area contributed by atoms with Crippen molar-refractivity contribution in [3.8, 4) is 11.5 Å². The lowest BCUT2D eigenvalue weighted by molar-refractivity contribution is 0.0861. The van der Waals surface area contributed by atoms with Crippen LogP contribution in [0.25, 0.3) is 0 Å². The second-order valence-corrected chi connectivity index (χ2v) is 7.14. The number of hydrogen-bond acceptors (Lipinski definition) is 4. The third-order valence-corrected chi connectivity index (χ3v) is 4.54. The van der Waals surface area contributed by atoms with Gasteiger partial charge in [0.2, 0.25) is 0 Å². The summed E-state index contributed by atoms with van der Waals surface area (Å²) in [4.78, 5) is 2.50. The molecule has 0 unspecified atom stereocenters. The number of nitrogens with zero attached hydrogens (tertiary/aromatic N) is 1. The molecule has 1 atom stereocenters. The Bertz CT molecular complexity index is 508. The van der Waals surface area contributed by atoms with Crippen molar-refractivity contribution < 1.29 is 9.47 Å². The van der Waals surface area contributed by atoms with Crippen molar-refractivity contribution in [2.24, 2.45) is 5.41 Å². The zero-order valence-electron chi connectivity index (χ0n) is 14.2. The predicted molar refractivity (Wildman–Crippen MR) is 91.2 cm³/mol. The molecule has 4 nitrogen and oxygen atoms in total. The highest BCUT2D eigenvalue weighted by Gasteiger charge is 2.35. The van der Waals surface area contributed by atoms with E-state index in [1.54, 1.807) is 14.2 Å². The molecule has 0 bridgehead atoms. The molecule has 0 radical (unpaired) electrons. The fraction of sp³-hybridized carbons (Fsp3) is 0.647. The Hall–Kier alpha value is -0.970. The van der Waals surface area contributed by atoms with Gasteiger partial charge >= 0.3 is 0 Å². The highest BCUT2D eigenvalue weighted by Crippen LogP contribution is 2.46.